The Morgan fingerprint density at radius 1 is 1.24 bits per heavy atom. The van der Waals surface area contributed by atoms with Crippen molar-refractivity contribution in [2.24, 2.45) is 5.73 Å². The summed E-state index contributed by atoms with van der Waals surface area (Å²) in [6, 6.07) is 9.40. The zero-order valence-corrected chi connectivity index (χ0v) is 9.15. The van der Waals surface area contributed by atoms with Crippen LogP contribution in [-0.4, -0.2) is 5.78 Å². The number of Topliss-reactive ketones (excluding diaryl/α,β-unsaturated/α-hetero) is 1. The van der Waals surface area contributed by atoms with E-state index in [1.165, 1.54) is 6.07 Å². The highest BCUT2D eigenvalue weighted by Gasteiger charge is 2.13. The smallest absolute Gasteiger partial charge is 0.202 e. The summed E-state index contributed by atoms with van der Waals surface area (Å²) in [6.07, 6.45) is -0.00972. The minimum absolute atomic E-state index is 0.00972. The van der Waals surface area contributed by atoms with Gasteiger partial charge in [-0.1, -0.05) is 18.2 Å². The van der Waals surface area contributed by atoms with Crippen molar-refractivity contribution in [3.63, 3.8) is 0 Å². The van der Waals surface area contributed by atoms with E-state index in [2.05, 4.69) is 0 Å². The lowest BCUT2D eigenvalue weighted by molar-refractivity contribution is 0.0963. The Labute approximate surface area is 98.0 Å². The van der Waals surface area contributed by atoms with E-state index < -0.39 is 0 Å². The summed E-state index contributed by atoms with van der Waals surface area (Å²) in [7, 11) is 0. The van der Waals surface area contributed by atoms with Crippen molar-refractivity contribution in [1.29, 1.82) is 0 Å². The molecule has 17 heavy (non-hydrogen) atoms. The van der Waals surface area contributed by atoms with Crippen molar-refractivity contribution in [3.05, 3.63) is 59.3 Å². The number of furan rings is 1. The Morgan fingerprint density at radius 3 is 2.65 bits per heavy atom. The summed E-state index contributed by atoms with van der Waals surface area (Å²) in [4.78, 5) is 11.8. The first-order valence-corrected chi connectivity index (χ1v) is 5.26. The van der Waals surface area contributed by atoms with Crippen molar-refractivity contribution in [2.45, 2.75) is 13.0 Å². The third kappa shape index (κ3) is 2.60. The zero-order chi connectivity index (χ0) is 12.3. The summed E-state index contributed by atoms with van der Waals surface area (Å²) in [5, 5.41) is 0. The van der Waals surface area contributed by atoms with Crippen LogP contribution in [0.2, 0.25) is 0 Å². The molecule has 1 aromatic carbocycles. The molecule has 0 aliphatic heterocycles. The van der Waals surface area contributed by atoms with Crippen molar-refractivity contribution >= 4 is 5.78 Å². The Kier molecular flexibility index (Phi) is 3.35. The molecule has 2 rings (SSSR count). The molecule has 3 nitrogen and oxygen atoms in total. The molecule has 2 N–H and O–H groups in total. The highest BCUT2D eigenvalue weighted by molar-refractivity contribution is 5.95. The molecule has 0 spiro atoms. The number of ketones is 1. The van der Waals surface area contributed by atoms with Gasteiger partial charge in [-0.3, -0.25) is 4.79 Å². The lowest BCUT2D eigenvalue weighted by Crippen LogP contribution is -2.04. The van der Waals surface area contributed by atoms with E-state index in [0.717, 1.165) is 0 Å². The number of hydrogen-bond acceptors (Lipinski definition) is 3. The molecule has 0 fully saturated rings. The van der Waals surface area contributed by atoms with Crippen LogP contribution in [0.25, 0.3) is 0 Å². The van der Waals surface area contributed by atoms with E-state index in [9.17, 15) is 9.18 Å². The zero-order valence-electron chi connectivity index (χ0n) is 9.15. The van der Waals surface area contributed by atoms with Crippen LogP contribution in [0.15, 0.2) is 40.8 Å². The number of carbonyl (C=O) groups excluding carboxylic acids is 1. The highest BCUT2D eigenvalue weighted by atomic mass is 19.1. The molecule has 1 aromatic heterocycles. The number of rotatable bonds is 4. The number of nitrogens with two attached hydrogens (primary N) is 1. The molecule has 0 saturated heterocycles. The maximum Gasteiger partial charge on any atom is 0.202 e. The molecule has 0 radical (unpaired) electrons. The Morgan fingerprint density at radius 2 is 2.00 bits per heavy atom. The molecule has 0 unspecified atom stereocenters. The summed E-state index contributed by atoms with van der Waals surface area (Å²) < 4.78 is 18.5. The van der Waals surface area contributed by atoms with E-state index in [0.29, 0.717) is 11.3 Å². The van der Waals surface area contributed by atoms with E-state index >= 15 is 0 Å². The average Bonchev–Trinajstić information content (AvgIpc) is 2.81. The number of carbonyl (C=O) groups is 1. The Hall–Kier alpha value is -1.94. The number of halogens is 1. The third-order valence-electron chi connectivity index (χ3n) is 2.45. The summed E-state index contributed by atoms with van der Waals surface area (Å²) in [5.74, 6) is 0.122. The summed E-state index contributed by atoms with van der Waals surface area (Å²) in [6.45, 7) is 0.243. The van der Waals surface area contributed by atoms with E-state index in [4.69, 9.17) is 10.2 Å². The molecule has 1 heterocycles. The van der Waals surface area contributed by atoms with Crippen LogP contribution in [0.3, 0.4) is 0 Å². The summed E-state index contributed by atoms with van der Waals surface area (Å²) >= 11 is 0. The van der Waals surface area contributed by atoms with Crippen LogP contribution in [0.5, 0.6) is 0 Å². The monoisotopic (exact) mass is 233 g/mol. The standard InChI is InChI=1S/C13H12FNO2/c14-11-4-2-1-3-9(11)7-12(16)13-6-5-10(8-15)17-13/h1-6H,7-8,15H2. The maximum atomic E-state index is 13.3. The number of hydrogen-bond donors (Lipinski definition) is 1. The van der Waals surface area contributed by atoms with Gasteiger partial charge in [0.1, 0.15) is 11.6 Å². The lowest BCUT2D eigenvalue weighted by Gasteiger charge is -2.00. The average molecular weight is 233 g/mol. The van der Waals surface area contributed by atoms with Gasteiger partial charge in [0.2, 0.25) is 5.78 Å². The fourth-order valence-corrected chi connectivity index (χ4v) is 1.54. The first kappa shape index (κ1) is 11.5. The second-order valence-electron chi connectivity index (χ2n) is 3.66. The van der Waals surface area contributed by atoms with Crippen molar-refractivity contribution in [1.82, 2.24) is 0 Å². The summed E-state index contributed by atoms with van der Waals surface area (Å²) in [5.41, 5.74) is 5.74. The Balaban J connectivity index is 2.14. The molecule has 2 aromatic rings. The van der Waals surface area contributed by atoms with Crippen LogP contribution >= 0.6 is 0 Å². The quantitative estimate of drug-likeness (QED) is 0.824. The molecule has 88 valence electrons. The SMILES string of the molecule is NCc1ccc(C(=O)Cc2ccccc2F)o1. The molecule has 0 amide bonds. The molecule has 0 bridgehead atoms. The number of benzene rings is 1. The molecule has 0 aliphatic rings. The molecule has 4 heteroatoms. The second-order valence-corrected chi connectivity index (χ2v) is 3.66. The van der Waals surface area contributed by atoms with Gasteiger partial charge in [-0.25, -0.2) is 4.39 Å². The predicted molar refractivity (Wildman–Crippen MR) is 61.0 cm³/mol. The minimum atomic E-state index is -0.383. The van der Waals surface area contributed by atoms with Gasteiger partial charge < -0.3 is 10.2 Å². The van der Waals surface area contributed by atoms with E-state index in [1.54, 1.807) is 30.3 Å². The van der Waals surface area contributed by atoms with Crippen molar-refractivity contribution in [2.75, 3.05) is 0 Å². The normalized spacial score (nSPS) is 10.5. The molecular formula is C13H12FNO2. The topological polar surface area (TPSA) is 56.2 Å². The van der Waals surface area contributed by atoms with Crippen LogP contribution in [-0.2, 0) is 13.0 Å². The van der Waals surface area contributed by atoms with Crippen molar-refractivity contribution in [3.8, 4) is 0 Å². The Bertz CT molecular complexity index is 534. The first-order valence-electron chi connectivity index (χ1n) is 5.26. The van der Waals surface area contributed by atoms with E-state index in [-0.39, 0.29) is 30.3 Å². The van der Waals surface area contributed by atoms with Gasteiger partial charge in [0.15, 0.2) is 5.76 Å². The lowest BCUT2D eigenvalue weighted by atomic mass is 10.1. The van der Waals surface area contributed by atoms with Gasteiger partial charge in [-0.2, -0.15) is 0 Å². The van der Waals surface area contributed by atoms with Crippen LogP contribution in [0.1, 0.15) is 21.9 Å². The van der Waals surface area contributed by atoms with Gasteiger partial charge in [-0.15, -0.1) is 0 Å². The van der Waals surface area contributed by atoms with Crippen LogP contribution in [0.4, 0.5) is 4.39 Å². The first-order chi connectivity index (χ1) is 8.20. The predicted octanol–water partition coefficient (Wildman–Crippen LogP) is 2.30. The van der Waals surface area contributed by atoms with Gasteiger partial charge in [0.05, 0.1) is 6.54 Å². The highest BCUT2D eigenvalue weighted by Crippen LogP contribution is 2.13. The van der Waals surface area contributed by atoms with Crippen LogP contribution in [0, 0.1) is 5.82 Å². The third-order valence-corrected chi connectivity index (χ3v) is 2.45. The van der Waals surface area contributed by atoms with Crippen LogP contribution < -0.4 is 5.73 Å². The van der Waals surface area contributed by atoms with Crippen molar-refractivity contribution < 1.29 is 13.6 Å². The van der Waals surface area contributed by atoms with Gasteiger partial charge in [0.25, 0.3) is 0 Å². The molecule has 0 saturated carbocycles. The van der Waals surface area contributed by atoms with Gasteiger partial charge >= 0.3 is 0 Å². The minimum Gasteiger partial charge on any atom is -0.457 e. The second kappa shape index (κ2) is 4.93. The fraction of sp³-hybridized carbons (Fsp3) is 0.154. The molecule has 0 aliphatic carbocycles. The van der Waals surface area contributed by atoms with Gasteiger partial charge in [0, 0.05) is 6.42 Å². The largest absolute Gasteiger partial charge is 0.457 e. The molecular weight excluding hydrogens is 221 g/mol. The fourth-order valence-electron chi connectivity index (χ4n) is 1.54. The molecule has 0 atom stereocenters. The van der Waals surface area contributed by atoms with E-state index in [1.807, 2.05) is 0 Å². The van der Waals surface area contributed by atoms with Gasteiger partial charge in [-0.05, 0) is 23.8 Å². The maximum absolute atomic E-state index is 13.3.